The van der Waals surface area contributed by atoms with Gasteiger partial charge in [0.15, 0.2) is 0 Å². The van der Waals surface area contributed by atoms with E-state index in [1.807, 2.05) is 13.0 Å². The Labute approximate surface area is 110 Å². The van der Waals surface area contributed by atoms with Crippen LogP contribution in [0.25, 0.3) is 0 Å². The van der Waals surface area contributed by atoms with Crippen LogP contribution in [-0.4, -0.2) is 11.5 Å². The van der Waals surface area contributed by atoms with Crippen LogP contribution < -0.4 is 11.1 Å². The molecule has 3 nitrogen and oxygen atoms in total. The van der Waals surface area contributed by atoms with E-state index in [-0.39, 0.29) is 11.5 Å². The summed E-state index contributed by atoms with van der Waals surface area (Å²) >= 11 is 1.66. The Morgan fingerprint density at radius 2 is 2.28 bits per heavy atom. The third-order valence-corrected chi connectivity index (χ3v) is 3.44. The highest BCUT2D eigenvalue weighted by Crippen LogP contribution is 2.12. The maximum Gasteiger partial charge on any atom is 0.146 e. The van der Waals surface area contributed by atoms with Crippen LogP contribution in [-0.2, 0) is 13.0 Å². The van der Waals surface area contributed by atoms with E-state index in [1.54, 1.807) is 17.4 Å². The van der Waals surface area contributed by atoms with Gasteiger partial charge < -0.3 is 11.1 Å². The van der Waals surface area contributed by atoms with E-state index in [1.165, 1.54) is 6.07 Å². The zero-order valence-corrected chi connectivity index (χ0v) is 11.1. The molecule has 2 aromatic rings. The normalized spacial score (nSPS) is 10.8. The first kappa shape index (κ1) is 13.0. The van der Waals surface area contributed by atoms with Crippen LogP contribution in [0.4, 0.5) is 10.1 Å². The highest BCUT2D eigenvalue weighted by Gasteiger charge is 2.01. The molecule has 0 aliphatic rings. The minimum absolute atomic E-state index is 0.191. The summed E-state index contributed by atoms with van der Waals surface area (Å²) in [6.45, 7) is 3.47. The van der Waals surface area contributed by atoms with Crippen LogP contribution in [0.1, 0.15) is 16.3 Å². The number of benzene rings is 1. The van der Waals surface area contributed by atoms with Crippen molar-refractivity contribution < 1.29 is 4.39 Å². The second-order valence-corrected chi connectivity index (χ2v) is 5.20. The lowest BCUT2D eigenvalue weighted by atomic mass is 10.2. The van der Waals surface area contributed by atoms with Crippen molar-refractivity contribution in [3.8, 4) is 0 Å². The van der Waals surface area contributed by atoms with Gasteiger partial charge in [-0.3, -0.25) is 0 Å². The lowest BCUT2D eigenvalue weighted by Crippen LogP contribution is -2.17. The zero-order valence-electron chi connectivity index (χ0n) is 10.2. The Morgan fingerprint density at radius 3 is 2.94 bits per heavy atom. The van der Waals surface area contributed by atoms with Gasteiger partial charge >= 0.3 is 0 Å². The number of aryl methyl sites for hydroxylation is 1. The second-order valence-electron chi connectivity index (χ2n) is 4.14. The first-order valence-electron chi connectivity index (χ1n) is 5.81. The number of anilines is 1. The summed E-state index contributed by atoms with van der Waals surface area (Å²) in [4.78, 5) is 4.38. The summed E-state index contributed by atoms with van der Waals surface area (Å²) < 4.78 is 13.2. The summed E-state index contributed by atoms with van der Waals surface area (Å²) in [6.07, 6.45) is 0.891. The van der Waals surface area contributed by atoms with E-state index in [9.17, 15) is 4.39 Å². The van der Waals surface area contributed by atoms with E-state index in [4.69, 9.17) is 5.73 Å². The molecular weight excluding hydrogens is 249 g/mol. The summed E-state index contributed by atoms with van der Waals surface area (Å²) in [7, 11) is 0. The van der Waals surface area contributed by atoms with E-state index in [2.05, 4.69) is 15.7 Å². The number of aromatic nitrogens is 1. The van der Waals surface area contributed by atoms with Crippen LogP contribution in [0.5, 0.6) is 0 Å². The van der Waals surface area contributed by atoms with Gasteiger partial charge in [-0.15, -0.1) is 11.3 Å². The quantitative estimate of drug-likeness (QED) is 0.645. The molecule has 0 fully saturated rings. The molecule has 0 unspecified atom stereocenters. The molecule has 1 heterocycles. The molecule has 2 rings (SSSR count). The first-order valence-corrected chi connectivity index (χ1v) is 6.69. The number of nitrogens with zero attached hydrogens (tertiary/aromatic N) is 1. The summed E-state index contributed by atoms with van der Waals surface area (Å²) in [5.74, 6) is -0.357. The summed E-state index contributed by atoms with van der Waals surface area (Å²) in [5, 5.41) is 6.42. The molecule has 0 radical (unpaired) electrons. The number of nitrogens with two attached hydrogens (primary N) is 1. The third kappa shape index (κ3) is 3.51. The molecule has 0 saturated heterocycles. The minimum Gasteiger partial charge on any atom is -0.396 e. The highest BCUT2D eigenvalue weighted by molar-refractivity contribution is 7.09. The average Bonchev–Trinajstić information content (AvgIpc) is 2.75. The molecule has 0 saturated carbocycles. The largest absolute Gasteiger partial charge is 0.396 e. The van der Waals surface area contributed by atoms with Gasteiger partial charge in [0.25, 0.3) is 0 Å². The van der Waals surface area contributed by atoms with Crippen molar-refractivity contribution in [2.75, 3.05) is 12.3 Å². The molecular formula is C13H16FN3S. The SMILES string of the molecule is Cc1nc(CCNCc2ccc(N)c(F)c2)cs1. The number of halogens is 1. The Morgan fingerprint density at radius 1 is 1.44 bits per heavy atom. The molecule has 96 valence electrons. The van der Waals surface area contributed by atoms with Crippen molar-refractivity contribution in [2.45, 2.75) is 19.9 Å². The van der Waals surface area contributed by atoms with Gasteiger partial charge in [-0.05, 0) is 24.6 Å². The van der Waals surface area contributed by atoms with Crippen molar-refractivity contribution in [1.82, 2.24) is 10.3 Å². The van der Waals surface area contributed by atoms with Gasteiger partial charge in [0, 0.05) is 24.9 Å². The molecule has 3 N–H and O–H groups in total. The molecule has 5 heteroatoms. The Hall–Kier alpha value is -1.46. The number of nitrogens with one attached hydrogen (secondary N) is 1. The van der Waals surface area contributed by atoms with Gasteiger partial charge in [0.1, 0.15) is 5.82 Å². The van der Waals surface area contributed by atoms with E-state index >= 15 is 0 Å². The predicted octanol–water partition coefficient (Wildman–Crippen LogP) is 2.51. The molecule has 1 aromatic carbocycles. The molecule has 0 aliphatic carbocycles. The fourth-order valence-corrected chi connectivity index (χ4v) is 2.30. The zero-order chi connectivity index (χ0) is 13.0. The number of nitrogen functional groups attached to an aromatic ring is 1. The van der Waals surface area contributed by atoms with Crippen molar-refractivity contribution in [3.05, 3.63) is 45.7 Å². The van der Waals surface area contributed by atoms with Crippen molar-refractivity contribution in [3.63, 3.8) is 0 Å². The molecule has 1 aromatic heterocycles. The average molecular weight is 265 g/mol. The predicted molar refractivity (Wildman–Crippen MR) is 73.1 cm³/mol. The van der Waals surface area contributed by atoms with Crippen LogP contribution in [0.3, 0.4) is 0 Å². The van der Waals surface area contributed by atoms with Crippen LogP contribution >= 0.6 is 11.3 Å². The van der Waals surface area contributed by atoms with Gasteiger partial charge in [0.05, 0.1) is 16.4 Å². The Bertz CT molecular complexity index is 525. The lowest BCUT2D eigenvalue weighted by molar-refractivity contribution is 0.624. The maximum atomic E-state index is 13.2. The fourth-order valence-electron chi connectivity index (χ4n) is 1.65. The van der Waals surface area contributed by atoms with Gasteiger partial charge in [0.2, 0.25) is 0 Å². The van der Waals surface area contributed by atoms with Crippen molar-refractivity contribution in [1.29, 1.82) is 0 Å². The summed E-state index contributed by atoms with van der Waals surface area (Å²) in [6, 6.07) is 4.89. The smallest absolute Gasteiger partial charge is 0.146 e. The standard InChI is InChI=1S/C13H16FN3S/c1-9-17-11(8-18-9)4-5-16-7-10-2-3-13(15)12(14)6-10/h2-3,6,8,16H,4-5,7,15H2,1H3. The number of rotatable bonds is 5. The topological polar surface area (TPSA) is 50.9 Å². The first-order chi connectivity index (χ1) is 8.65. The van der Waals surface area contributed by atoms with Gasteiger partial charge in [-0.1, -0.05) is 6.07 Å². The molecule has 18 heavy (non-hydrogen) atoms. The van der Waals surface area contributed by atoms with E-state index in [0.29, 0.717) is 6.54 Å². The third-order valence-electron chi connectivity index (χ3n) is 2.62. The minimum atomic E-state index is -0.357. The van der Waals surface area contributed by atoms with E-state index in [0.717, 1.165) is 29.2 Å². The summed E-state index contributed by atoms with van der Waals surface area (Å²) in [5.41, 5.74) is 7.62. The highest BCUT2D eigenvalue weighted by atomic mass is 32.1. The van der Waals surface area contributed by atoms with Crippen LogP contribution in [0.15, 0.2) is 23.6 Å². The second kappa shape index (κ2) is 5.93. The molecule has 0 amide bonds. The molecule has 0 bridgehead atoms. The van der Waals surface area contributed by atoms with Gasteiger partial charge in [-0.25, -0.2) is 9.37 Å². The number of thiazole rings is 1. The van der Waals surface area contributed by atoms with Crippen LogP contribution in [0, 0.1) is 12.7 Å². The van der Waals surface area contributed by atoms with Crippen molar-refractivity contribution in [2.24, 2.45) is 0 Å². The molecule has 0 aliphatic heterocycles. The number of hydrogen-bond donors (Lipinski definition) is 2. The maximum absolute atomic E-state index is 13.2. The van der Waals surface area contributed by atoms with Crippen LogP contribution in [0.2, 0.25) is 0 Å². The van der Waals surface area contributed by atoms with Crippen molar-refractivity contribution >= 4 is 17.0 Å². The number of hydrogen-bond acceptors (Lipinski definition) is 4. The Kier molecular flexibility index (Phi) is 4.28. The Balaban J connectivity index is 1.76. The fraction of sp³-hybridized carbons (Fsp3) is 0.308. The monoisotopic (exact) mass is 265 g/mol. The molecule has 0 atom stereocenters. The van der Waals surface area contributed by atoms with Gasteiger partial charge in [-0.2, -0.15) is 0 Å². The van der Waals surface area contributed by atoms with E-state index < -0.39 is 0 Å². The lowest BCUT2D eigenvalue weighted by Gasteiger charge is -2.05. The molecule has 0 spiro atoms.